The molecule has 4 heteroatoms. The fraction of sp³-hybridized carbons (Fsp3) is 0.143. The molecule has 25 heavy (non-hydrogen) atoms. The number of aryl methyl sites for hydroxylation is 2. The zero-order valence-corrected chi connectivity index (χ0v) is 15.0. The highest BCUT2D eigenvalue weighted by molar-refractivity contribution is 7.91. The molecule has 1 atom stereocenters. The zero-order valence-electron chi connectivity index (χ0n) is 14.2. The molecular weight excluding hydrogens is 332 g/mol. The topological polar surface area (TPSA) is 54.4 Å². The van der Waals surface area contributed by atoms with E-state index in [-0.39, 0.29) is 10.6 Å². The third-order valence-corrected chi connectivity index (χ3v) is 6.39. The quantitative estimate of drug-likeness (QED) is 0.748. The minimum Gasteiger partial charge on any atom is -0.507 e. The molecule has 0 aromatic heterocycles. The summed E-state index contributed by atoms with van der Waals surface area (Å²) in [6.07, 6.45) is 0. The van der Waals surface area contributed by atoms with Gasteiger partial charge in [0.05, 0.1) is 4.90 Å². The van der Waals surface area contributed by atoms with Crippen LogP contribution >= 0.6 is 0 Å². The van der Waals surface area contributed by atoms with Crippen LogP contribution in [0, 0.1) is 13.8 Å². The molecule has 1 N–H and O–H groups in total. The standard InChI is InChI=1S/C21H20O3S/c1-15-13-18(14-16(2)20(15)22)21(17-9-5-3-6-10-17)25(23,24)19-11-7-4-8-12-19/h3-14,21-22H,1-2H3. The lowest BCUT2D eigenvalue weighted by Crippen LogP contribution is -2.15. The predicted molar refractivity (Wildman–Crippen MR) is 99.5 cm³/mol. The van der Waals surface area contributed by atoms with E-state index in [1.54, 1.807) is 56.3 Å². The van der Waals surface area contributed by atoms with Crippen LogP contribution < -0.4 is 0 Å². The van der Waals surface area contributed by atoms with E-state index in [0.717, 1.165) is 0 Å². The Bertz CT molecular complexity index is 955. The molecular formula is C21H20O3S. The molecule has 0 aliphatic rings. The van der Waals surface area contributed by atoms with Gasteiger partial charge in [-0.15, -0.1) is 0 Å². The summed E-state index contributed by atoms with van der Waals surface area (Å²) < 4.78 is 26.8. The van der Waals surface area contributed by atoms with Gasteiger partial charge in [0.25, 0.3) is 0 Å². The molecule has 0 bridgehead atoms. The van der Waals surface area contributed by atoms with Crippen LogP contribution in [-0.2, 0) is 9.84 Å². The van der Waals surface area contributed by atoms with Gasteiger partial charge >= 0.3 is 0 Å². The van der Waals surface area contributed by atoms with Crippen LogP contribution in [0.3, 0.4) is 0 Å². The van der Waals surface area contributed by atoms with E-state index in [2.05, 4.69) is 0 Å². The van der Waals surface area contributed by atoms with Gasteiger partial charge in [-0.2, -0.15) is 0 Å². The van der Waals surface area contributed by atoms with Crippen LogP contribution in [0.4, 0.5) is 0 Å². The van der Waals surface area contributed by atoms with Crippen molar-refractivity contribution in [1.82, 2.24) is 0 Å². The first-order chi connectivity index (χ1) is 11.9. The van der Waals surface area contributed by atoms with Crippen LogP contribution in [0.25, 0.3) is 0 Å². The molecule has 0 amide bonds. The van der Waals surface area contributed by atoms with Gasteiger partial charge in [-0.05, 0) is 48.2 Å². The Morgan fingerprint density at radius 1 is 0.760 bits per heavy atom. The van der Waals surface area contributed by atoms with Gasteiger partial charge in [-0.3, -0.25) is 0 Å². The Balaban J connectivity index is 2.25. The lowest BCUT2D eigenvalue weighted by Gasteiger charge is -2.20. The first-order valence-corrected chi connectivity index (χ1v) is 9.60. The molecule has 0 aliphatic heterocycles. The molecule has 0 aliphatic carbocycles. The molecule has 0 heterocycles. The maximum absolute atomic E-state index is 13.4. The summed E-state index contributed by atoms with van der Waals surface area (Å²) in [5.41, 5.74) is 2.69. The molecule has 128 valence electrons. The first kappa shape index (κ1) is 17.2. The highest BCUT2D eigenvalue weighted by Crippen LogP contribution is 2.37. The summed E-state index contributed by atoms with van der Waals surface area (Å²) in [7, 11) is -3.64. The van der Waals surface area contributed by atoms with Crippen LogP contribution in [0.5, 0.6) is 5.75 Å². The Morgan fingerprint density at radius 3 is 1.76 bits per heavy atom. The fourth-order valence-electron chi connectivity index (χ4n) is 3.07. The number of rotatable bonds is 4. The minimum atomic E-state index is -3.64. The van der Waals surface area contributed by atoms with Crippen molar-refractivity contribution in [2.24, 2.45) is 0 Å². The van der Waals surface area contributed by atoms with Gasteiger partial charge in [-0.1, -0.05) is 60.7 Å². The second-order valence-corrected chi connectivity index (χ2v) is 8.18. The summed E-state index contributed by atoms with van der Waals surface area (Å²) >= 11 is 0. The Labute approximate surface area is 148 Å². The second kappa shape index (κ2) is 6.73. The number of phenolic OH excluding ortho intramolecular Hbond substituents is 1. The highest BCUT2D eigenvalue weighted by Gasteiger charge is 2.31. The lowest BCUT2D eigenvalue weighted by molar-refractivity contribution is 0.466. The number of aromatic hydroxyl groups is 1. The predicted octanol–water partition coefficient (Wildman–Crippen LogP) is 4.57. The van der Waals surface area contributed by atoms with E-state index in [1.807, 2.05) is 30.3 Å². The third-order valence-electron chi connectivity index (χ3n) is 4.30. The molecule has 0 saturated carbocycles. The zero-order chi connectivity index (χ0) is 18.0. The van der Waals surface area contributed by atoms with E-state index in [4.69, 9.17) is 0 Å². The average molecular weight is 352 g/mol. The number of hydrogen-bond acceptors (Lipinski definition) is 3. The maximum atomic E-state index is 13.4. The SMILES string of the molecule is Cc1cc(C(c2ccccc2)S(=O)(=O)c2ccccc2)cc(C)c1O. The van der Waals surface area contributed by atoms with Gasteiger partial charge < -0.3 is 5.11 Å². The third kappa shape index (κ3) is 3.30. The first-order valence-electron chi connectivity index (χ1n) is 8.05. The molecule has 0 fully saturated rings. The van der Waals surface area contributed by atoms with Gasteiger partial charge in [0, 0.05) is 0 Å². The number of phenols is 1. The van der Waals surface area contributed by atoms with Crippen LogP contribution in [-0.4, -0.2) is 13.5 Å². The normalized spacial score (nSPS) is 12.7. The average Bonchev–Trinajstić information content (AvgIpc) is 2.61. The number of sulfone groups is 1. The van der Waals surface area contributed by atoms with Crippen LogP contribution in [0.15, 0.2) is 77.7 Å². The van der Waals surface area contributed by atoms with Gasteiger partial charge in [0.1, 0.15) is 11.0 Å². The highest BCUT2D eigenvalue weighted by atomic mass is 32.2. The maximum Gasteiger partial charge on any atom is 0.189 e. The van der Waals surface area contributed by atoms with Crippen LogP contribution in [0.1, 0.15) is 27.5 Å². The van der Waals surface area contributed by atoms with Crippen molar-refractivity contribution < 1.29 is 13.5 Å². The van der Waals surface area contributed by atoms with E-state index in [9.17, 15) is 13.5 Å². The molecule has 0 radical (unpaired) electrons. The van der Waals surface area contributed by atoms with Crippen molar-refractivity contribution in [3.05, 3.63) is 95.1 Å². The monoisotopic (exact) mass is 352 g/mol. The Kier molecular flexibility index (Phi) is 4.64. The van der Waals surface area contributed by atoms with Crippen molar-refractivity contribution in [2.45, 2.75) is 24.0 Å². The van der Waals surface area contributed by atoms with Crippen molar-refractivity contribution in [3.63, 3.8) is 0 Å². The molecule has 0 spiro atoms. The van der Waals surface area contributed by atoms with Gasteiger partial charge in [-0.25, -0.2) is 8.42 Å². The number of hydrogen-bond donors (Lipinski definition) is 1. The van der Waals surface area contributed by atoms with Crippen molar-refractivity contribution >= 4 is 9.84 Å². The van der Waals surface area contributed by atoms with Crippen LogP contribution in [0.2, 0.25) is 0 Å². The Morgan fingerprint density at radius 2 is 1.24 bits per heavy atom. The van der Waals surface area contributed by atoms with Gasteiger partial charge in [0.15, 0.2) is 9.84 Å². The molecule has 3 aromatic rings. The van der Waals surface area contributed by atoms with Crippen molar-refractivity contribution in [1.29, 1.82) is 0 Å². The van der Waals surface area contributed by atoms with Crippen molar-refractivity contribution in [3.8, 4) is 5.75 Å². The van der Waals surface area contributed by atoms with Gasteiger partial charge in [0.2, 0.25) is 0 Å². The summed E-state index contributed by atoms with van der Waals surface area (Å²) in [5, 5.41) is 9.23. The smallest absolute Gasteiger partial charge is 0.189 e. The van der Waals surface area contributed by atoms with E-state index >= 15 is 0 Å². The van der Waals surface area contributed by atoms with E-state index < -0.39 is 15.1 Å². The summed E-state index contributed by atoms with van der Waals surface area (Å²) in [6.45, 7) is 3.56. The second-order valence-electron chi connectivity index (χ2n) is 6.15. The summed E-state index contributed by atoms with van der Waals surface area (Å²) in [6, 6.07) is 21.2. The summed E-state index contributed by atoms with van der Waals surface area (Å²) in [5.74, 6) is 0.202. The minimum absolute atomic E-state index is 0.202. The molecule has 0 saturated heterocycles. The molecule has 3 nitrogen and oxygen atoms in total. The Hall–Kier alpha value is -2.59. The van der Waals surface area contributed by atoms with E-state index in [0.29, 0.717) is 22.3 Å². The lowest BCUT2D eigenvalue weighted by atomic mass is 9.99. The largest absolute Gasteiger partial charge is 0.507 e. The number of benzene rings is 3. The summed E-state index contributed by atoms with van der Waals surface area (Å²) in [4.78, 5) is 0.284. The van der Waals surface area contributed by atoms with E-state index in [1.165, 1.54) is 0 Å². The molecule has 3 rings (SSSR count). The molecule has 1 unspecified atom stereocenters. The fourth-order valence-corrected chi connectivity index (χ4v) is 4.88. The molecule has 3 aromatic carbocycles. The van der Waals surface area contributed by atoms with Crippen molar-refractivity contribution in [2.75, 3.05) is 0 Å².